The van der Waals surface area contributed by atoms with Crippen LogP contribution in [0.3, 0.4) is 0 Å². The number of nitrogens with zero attached hydrogens (tertiary/aromatic N) is 1. The van der Waals surface area contributed by atoms with Gasteiger partial charge in [-0.1, -0.05) is 0 Å². The molecule has 0 amide bonds. The molecule has 1 aromatic rings. The van der Waals surface area contributed by atoms with E-state index in [0.717, 1.165) is 12.1 Å². The van der Waals surface area contributed by atoms with E-state index in [1.54, 1.807) is 0 Å². The average Bonchev–Trinajstić information content (AvgIpc) is 3.08. The minimum atomic E-state index is -4.39. The lowest BCUT2D eigenvalue weighted by molar-refractivity contribution is -0.384. The molecule has 4 N–H and O–H groups in total. The summed E-state index contributed by atoms with van der Waals surface area (Å²) >= 11 is 0. The normalized spacial score (nSPS) is 16.8. The molecule has 9 heteroatoms. The number of nitro groups is 1. The molecule has 0 heterocycles. The molecule has 19 heavy (non-hydrogen) atoms. The Balaban J connectivity index is 2.30. The zero-order chi connectivity index (χ0) is 14.3. The number of nitrogens with one attached hydrogen (secondary N) is 2. The Hall–Kier alpha value is -2.03. The van der Waals surface area contributed by atoms with Crippen molar-refractivity contribution < 1.29 is 18.1 Å². The highest BCUT2D eigenvalue weighted by Gasteiger charge is 2.63. The van der Waals surface area contributed by atoms with E-state index in [-0.39, 0.29) is 29.9 Å². The summed E-state index contributed by atoms with van der Waals surface area (Å²) in [6.45, 7) is 0. The van der Waals surface area contributed by atoms with Crippen LogP contribution in [0.15, 0.2) is 18.2 Å². The van der Waals surface area contributed by atoms with E-state index in [9.17, 15) is 23.3 Å². The summed E-state index contributed by atoms with van der Waals surface area (Å²) in [6, 6.07) is 3.48. The first-order valence-electron chi connectivity index (χ1n) is 5.38. The van der Waals surface area contributed by atoms with Crippen LogP contribution < -0.4 is 16.6 Å². The number of anilines is 2. The van der Waals surface area contributed by atoms with E-state index in [1.807, 2.05) is 0 Å². The maximum Gasteiger partial charge on any atom is 0.411 e. The van der Waals surface area contributed by atoms with Crippen LogP contribution in [-0.4, -0.2) is 16.6 Å². The SMILES string of the molecule is NNc1cc(NC2(C(F)(F)F)CC2)cc([N+](=O)[O-])c1. The highest BCUT2D eigenvalue weighted by molar-refractivity contribution is 5.64. The van der Waals surface area contributed by atoms with E-state index in [4.69, 9.17) is 5.84 Å². The number of benzene rings is 1. The van der Waals surface area contributed by atoms with Gasteiger partial charge >= 0.3 is 6.18 Å². The Bertz CT molecular complexity index is 514. The molecule has 104 valence electrons. The highest BCUT2D eigenvalue weighted by Crippen LogP contribution is 2.51. The molecule has 1 saturated carbocycles. The van der Waals surface area contributed by atoms with Crippen molar-refractivity contribution in [2.45, 2.75) is 24.6 Å². The van der Waals surface area contributed by atoms with Crippen LogP contribution in [-0.2, 0) is 0 Å². The number of nitro benzene ring substituents is 1. The van der Waals surface area contributed by atoms with Gasteiger partial charge in [-0.15, -0.1) is 0 Å². The zero-order valence-corrected chi connectivity index (χ0v) is 9.62. The smallest absolute Gasteiger partial charge is 0.371 e. The molecule has 1 aromatic carbocycles. The van der Waals surface area contributed by atoms with Gasteiger partial charge in [0.25, 0.3) is 5.69 Å². The summed E-state index contributed by atoms with van der Waals surface area (Å²) in [7, 11) is 0. The Kier molecular flexibility index (Phi) is 3.01. The first-order chi connectivity index (χ1) is 8.77. The fraction of sp³-hybridized carbons (Fsp3) is 0.400. The average molecular weight is 276 g/mol. The van der Waals surface area contributed by atoms with Crippen LogP contribution in [0.1, 0.15) is 12.8 Å². The van der Waals surface area contributed by atoms with Crippen LogP contribution in [0.4, 0.5) is 30.2 Å². The van der Waals surface area contributed by atoms with Gasteiger partial charge in [0.2, 0.25) is 0 Å². The lowest BCUT2D eigenvalue weighted by Gasteiger charge is -2.22. The van der Waals surface area contributed by atoms with Crippen LogP contribution in [0, 0.1) is 10.1 Å². The van der Waals surface area contributed by atoms with Crippen LogP contribution >= 0.6 is 0 Å². The lowest BCUT2D eigenvalue weighted by atomic mass is 10.2. The van der Waals surface area contributed by atoms with Gasteiger partial charge < -0.3 is 10.7 Å². The molecule has 0 unspecified atom stereocenters. The Labute approximate surface area is 105 Å². The van der Waals surface area contributed by atoms with Gasteiger partial charge in [-0.05, 0) is 18.9 Å². The van der Waals surface area contributed by atoms with E-state index in [1.165, 1.54) is 6.07 Å². The van der Waals surface area contributed by atoms with Crippen LogP contribution in [0.2, 0.25) is 0 Å². The number of hydrogen-bond acceptors (Lipinski definition) is 5. The molecule has 1 aliphatic rings. The number of hydrogen-bond donors (Lipinski definition) is 3. The number of hydrazine groups is 1. The van der Waals surface area contributed by atoms with Crippen LogP contribution in [0.25, 0.3) is 0 Å². The minimum Gasteiger partial charge on any atom is -0.371 e. The summed E-state index contributed by atoms with van der Waals surface area (Å²) in [6.07, 6.45) is -4.50. The first-order valence-corrected chi connectivity index (χ1v) is 5.38. The van der Waals surface area contributed by atoms with Crippen molar-refractivity contribution >= 4 is 17.1 Å². The van der Waals surface area contributed by atoms with E-state index in [0.29, 0.717) is 0 Å². The standard InChI is InChI=1S/C10H11F3N4O2/c11-10(12,13)9(1-2-9)15-6-3-7(16-14)5-8(4-6)17(18)19/h3-5,15-16H,1-2,14H2. The predicted molar refractivity (Wildman–Crippen MR) is 62.5 cm³/mol. The maximum atomic E-state index is 12.8. The molecule has 1 aliphatic carbocycles. The molecular formula is C10H11F3N4O2. The third kappa shape index (κ3) is 2.55. The van der Waals surface area contributed by atoms with Crippen molar-refractivity contribution in [3.8, 4) is 0 Å². The van der Waals surface area contributed by atoms with E-state index < -0.39 is 16.6 Å². The van der Waals surface area contributed by atoms with Crippen LogP contribution in [0.5, 0.6) is 0 Å². The third-order valence-electron chi connectivity index (χ3n) is 2.97. The lowest BCUT2D eigenvalue weighted by Crippen LogP contribution is -2.38. The summed E-state index contributed by atoms with van der Waals surface area (Å²) in [5.41, 5.74) is 0.0395. The topological polar surface area (TPSA) is 93.2 Å². The molecular weight excluding hydrogens is 265 g/mol. The second kappa shape index (κ2) is 4.26. The second-order valence-electron chi connectivity index (χ2n) is 4.37. The molecule has 1 fully saturated rings. The van der Waals surface area contributed by atoms with E-state index in [2.05, 4.69) is 10.7 Å². The first kappa shape index (κ1) is 13.4. The third-order valence-corrected chi connectivity index (χ3v) is 2.97. The summed E-state index contributed by atoms with van der Waals surface area (Å²) in [5.74, 6) is 5.13. The van der Waals surface area contributed by atoms with Crippen molar-refractivity contribution in [3.63, 3.8) is 0 Å². The van der Waals surface area contributed by atoms with Crippen molar-refractivity contribution in [3.05, 3.63) is 28.3 Å². The van der Waals surface area contributed by atoms with E-state index >= 15 is 0 Å². The van der Waals surface area contributed by atoms with Gasteiger partial charge in [0.15, 0.2) is 0 Å². The second-order valence-corrected chi connectivity index (χ2v) is 4.37. The molecule has 6 nitrogen and oxygen atoms in total. The quantitative estimate of drug-likeness (QED) is 0.446. The minimum absolute atomic E-state index is 0.0111. The van der Waals surface area contributed by atoms with Gasteiger partial charge in [-0.3, -0.25) is 16.0 Å². The highest BCUT2D eigenvalue weighted by atomic mass is 19.4. The number of nitrogens with two attached hydrogens (primary N) is 1. The van der Waals surface area contributed by atoms with Crippen molar-refractivity contribution in [2.24, 2.45) is 5.84 Å². The number of rotatable bonds is 4. The monoisotopic (exact) mass is 276 g/mol. The van der Waals surface area contributed by atoms with Gasteiger partial charge in [-0.25, -0.2) is 0 Å². The van der Waals surface area contributed by atoms with Crippen molar-refractivity contribution in [1.29, 1.82) is 0 Å². The largest absolute Gasteiger partial charge is 0.411 e. The predicted octanol–water partition coefficient (Wildman–Crippen LogP) is 2.39. The number of non-ortho nitro benzene ring substituents is 1. The summed E-state index contributed by atoms with van der Waals surface area (Å²) in [5, 5.41) is 13.0. The van der Waals surface area contributed by atoms with Gasteiger partial charge in [0.05, 0.1) is 10.6 Å². The maximum absolute atomic E-state index is 12.8. The van der Waals surface area contributed by atoms with Gasteiger partial charge in [-0.2, -0.15) is 13.2 Å². The molecule has 0 atom stereocenters. The molecule has 0 aromatic heterocycles. The summed E-state index contributed by atoms with van der Waals surface area (Å²) in [4.78, 5) is 9.99. The molecule has 0 saturated heterocycles. The Morgan fingerprint density at radius 3 is 2.26 bits per heavy atom. The number of nitrogen functional groups attached to an aromatic ring is 1. The zero-order valence-electron chi connectivity index (χ0n) is 9.62. The van der Waals surface area contributed by atoms with Gasteiger partial charge in [0.1, 0.15) is 5.54 Å². The fourth-order valence-corrected chi connectivity index (χ4v) is 1.75. The number of halogens is 3. The molecule has 0 aliphatic heterocycles. The van der Waals surface area contributed by atoms with Crippen molar-refractivity contribution in [2.75, 3.05) is 10.7 Å². The Morgan fingerprint density at radius 1 is 1.26 bits per heavy atom. The molecule has 2 rings (SSSR count). The van der Waals surface area contributed by atoms with Gasteiger partial charge in [0, 0.05) is 17.8 Å². The molecule has 0 bridgehead atoms. The molecule has 0 radical (unpaired) electrons. The Morgan fingerprint density at radius 2 is 1.84 bits per heavy atom. The summed E-state index contributed by atoms with van der Waals surface area (Å²) < 4.78 is 38.4. The van der Waals surface area contributed by atoms with Crippen molar-refractivity contribution in [1.82, 2.24) is 0 Å². The fourth-order valence-electron chi connectivity index (χ4n) is 1.75. The molecule has 0 spiro atoms. The number of alkyl halides is 3.